The Hall–Kier alpha value is -11.1. The van der Waals surface area contributed by atoms with Gasteiger partial charge in [0.05, 0.1) is 143 Å². The summed E-state index contributed by atoms with van der Waals surface area (Å²) in [5, 5.41) is 73.9. The Labute approximate surface area is 764 Å². The van der Waals surface area contributed by atoms with E-state index in [0.717, 1.165) is 116 Å². The van der Waals surface area contributed by atoms with Gasteiger partial charge in [-0.05, 0) is 298 Å². The highest BCUT2D eigenvalue weighted by molar-refractivity contribution is 7.93. The average Bonchev–Trinajstić information content (AvgIpc) is 1.55. The Kier molecular flexibility index (Phi) is 25.3. The van der Waals surface area contributed by atoms with Crippen molar-refractivity contribution in [3.05, 3.63) is 262 Å². The zero-order valence-electron chi connectivity index (χ0n) is 74.6. The SMILES string of the molecule is CC([C@H]1CCC2=Cc3c(cnn3-c3ccc(F)cc3)C[C@]2(CO)C1)S(=O)(=O)c1cnn(C)c1.CC([C@H]1CCC2=Cc3c(cnn3-c3ccc(F)cc3)C[C@]2(CO)C1)S(=O)(=O)c1cnn(C)c1.C[C@@H]([C@H]1CCC2=Cc3c(cnn3-c3ccc(F)cc3)C[C@]2(CO)C1)S(=O)(=O)c1cnn(C)c1.C[C@H]([C@H]1CCC2=Cc3c(cnn3-c3ccc(F)cc3)C[C@]2(CO)C1)S(=O)(=O)c1cnn(C)c1. The predicted molar refractivity (Wildman–Crippen MR) is 488 cm³/mol. The van der Waals surface area contributed by atoms with Gasteiger partial charge >= 0.3 is 0 Å². The van der Waals surface area contributed by atoms with Gasteiger partial charge in [0, 0.05) is 74.6 Å². The Balaban J connectivity index is 0.000000123. The van der Waals surface area contributed by atoms with Crippen LogP contribution in [-0.2, 0) is 93.2 Å². The lowest BCUT2D eigenvalue weighted by Crippen LogP contribution is -2.42. The predicted octanol–water partition coefficient (Wildman–Crippen LogP) is 13.3. The second-order valence-corrected chi connectivity index (χ2v) is 46.5. The van der Waals surface area contributed by atoms with Crippen molar-refractivity contribution in [1.82, 2.24) is 78.2 Å². The van der Waals surface area contributed by atoms with E-state index in [0.29, 0.717) is 77.0 Å². The Bertz CT molecular complexity index is 6130. The maximum Gasteiger partial charge on any atom is 0.184 e. The largest absolute Gasteiger partial charge is 0.395 e. The molecule has 132 heavy (non-hydrogen) atoms. The molecule has 0 bridgehead atoms. The molecule has 8 aromatic heterocycles. The van der Waals surface area contributed by atoms with Crippen LogP contribution in [0.1, 0.15) is 150 Å². The maximum absolute atomic E-state index is 13.4. The summed E-state index contributed by atoms with van der Waals surface area (Å²) >= 11 is 0. The van der Waals surface area contributed by atoms with Crippen molar-refractivity contribution in [2.75, 3.05) is 26.4 Å². The number of aliphatic hydroxyl groups excluding tert-OH is 4. The van der Waals surface area contributed by atoms with E-state index in [1.165, 1.54) is 92.0 Å². The van der Waals surface area contributed by atoms with Crippen molar-refractivity contribution in [3.63, 3.8) is 0 Å². The standard InChI is InChI=1S/4C24H27FN4O3S/c4*1-16(33(31,32)22-13-26-28(2)14-22)17-3-4-19-9-23-18(11-24(19,10-17)15-30)12-27-29(23)21-7-5-20(25)6-8-21/h4*5-9,12-14,16-17,30H,3-4,10-11,15H2,1-2H3/t2*16?,17-,24-;16-,17+,24+;16-,17-,24-/m0010/s1. The van der Waals surface area contributed by atoms with E-state index in [9.17, 15) is 71.7 Å². The molecule has 4 aromatic carbocycles. The van der Waals surface area contributed by atoms with Crippen LogP contribution >= 0.6 is 0 Å². The van der Waals surface area contributed by atoms with Gasteiger partial charge in [-0.3, -0.25) is 18.7 Å². The van der Waals surface area contributed by atoms with Crippen molar-refractivity contribution < 1.29 is 71.7 Å². The van der Waals surface area contributed by atoms with E-state index < -0.39 is 82.0 Å². The summed E-state index contributed by atoms with van der Waals surface area (Å²) in [6.45, 7) is 6.90. The lowest BCUT2D eigenvalue weighted by atomic mass is 9.61. The molecular formula is C96H108F4N16O12S4. The molecule has 696 valence electrons. The number of benzene rings is 4. The fourth-order valence-electron chi connectivity index (χ4n) is 21.6. The molecule has 4 fully saturated rings. The number of aryl methyl sites for hydroxylation is 4. The van der Waals surface area contributed by atoms with Crippen LogP contribution in [0, 0.1) is 68.6 Å². The Morgan fingerprint density at radius 3 is 0.667 bits per heavy atom. The zero-order valence-corrected chi connectivity index (χ0v) is 77.9. The summed E-state index contributed by atoms with van der Waals surface area (Å²) in [6.07, 6.45) is 37.8. The third kappa shape index (κ3) is 17.3. The van der Waals surface area contributed by atoms with Gasteiger partial charge in [-0.1, -0.05) is 22.3 Å². The summed E-state index contributed by atoms with van der Waals surface area (Å²) in [5.41, 5.74) is 13.4. The van der Waals surface area contributed by atoms with E-state index in [1.807, 2.05) is 0 Å². The fourth-order valence-corrected chi connectivity index (χ4v) is 28.2. The summed E-state index contributed by atoms with van der Waals surface area (Å²) in [5.74, 6) is -1.50. The molecule has 28 nitrogen and oxygen atoms in total. The van der Waals surface area contributed by atoms with Crippen molar-refractivity contribution in [3.8, 4) is 22.7 Å². The van der Waals surface area contributed by atoms with Gasteiger partial charge in [0.1, 0.15) is 42.9 Å². The van der Waals surface area contributed by atoms with Crippen molar-refractivity contribution in [2.45, 2.75) is 171 Å². The van der Waals surface area contributed by atoms with Gasteiger partial charge < -0.3 is 20.4 Å². The zero-order chi connectivity index (χ0) is 93.5. The van der Waals surface area contributed by atoms with E-state index in [4.69, 9.17) is 0 Å². The molecule has 4 saturated carbocycles. The molecule has 8 aliphatic rings. The number of aromatic nitrogens is 16. The van der Waals surface area contributed by atoms with Crippen LogP contribution in [0.3, 0.4) is 0 Å². The lowest BCUT2D eigenvalue weighted by molar-refractivity contribution is 0.103. The average molecular weight is 1880 g/mol. The quantitative estimate of drug-likeness (QED) is 0.0515. The first-order valence-corrected chi connectivity index (χ1v) is 50.6. The van der Waals surface area contributed by atoms with Gasteiger partial charge in [-0.25, -0.2) is 70.0 Å². The van der Waals surface area contributed by atoms with Gasteiger partial charge in [0.15, 0.2) is 39.3 Å². The molecule has 4 N–H and O–H groups in total. The van der Waals surface area contributed by atoms with Crippen LogP contribution in [0.25, 0.3) is 47.1 Å². The molecule has 0 amide bonds. The molecule has 0 saturated heterocycles. The van der Waals surface area contributed by atoms with Gasteiger partial charge in [0.25, 0.3) is 0 Å². The smallest absolute Gasteiger partial charge is 0.184 e. The van der Waals surface area contributed by atoms with Crippen LogP contribution in [0.5, 0.6) is 0 Å². The van der Waals surface area contributed by atoms with Crippen LogP contribution < -0.4 is 0 Å². The number of hydrogen-bond acceptors (Lipinski definition) is 20. The molecule has 36 heteroatoms. The normalized spacial score (nSPS) is 23.5. The van der Waals surface area contributed by atoms with Gasteiger partial charge in [0.2, 0.25) is 0 Å². The Morgan fingerprint density at radius 1 is 0.311 bits per heavy atom. The Morgan fingerprint density at radius 2 is 0.500 bits per heavy atom. The number of halogens is 4. The molecule has 8 heterocycles. The van der Waals surface area contributed by atoms with E-state index in [-0.39, 0.29) is 92.9 Å². The molecule has 0 spiro atoms. The minimum atomic E-state index is -3.52. The molecule has 12 atom stereocenters. The van der Waals surface area contributed by atoms with E-state index in [1.54, 1.807) is 173 Å². The monoisotopic (exact) mass is 1880 g/mol. The maximum atomic E-state index is 13.4. The summed E-state index contributed by atoms with van der Waals surface area (Å²) < 4.78 is 172. The summed E-state index contributed by atoms with van der Waals surface area (Å²) in [6, 6.07) is 24.8. The first-order valence-electron chi connectivity index (χ1n) is 44.4. The van der Waals surface area contributed by atoms with Crippen LogP contribution in [0.15, 0.2) is 213 Å². The minimum Gasteiger partial charge on any atom is -0.395 e. The van der Waals surface area contributed by atoms with Crippen molar-refractivity contribution in [2.24, 2.45) is 73.5 Å². The molecule has 12 aromatic rings. The molecule has 8 aliphatic carbocycles. The van der Waals surface area contributed by atoms with Crippen molar-refractivity contribution >= 4 is 63.7 Å². The van der Waals surface area contributed by atoms with Crippen LogP contribution in [0.2, 0.25) is 0 Å². The topological polar surface area (TPSA) is 360 Å². The number of aliphatic hydroxyl groups is 4. The van der Waals surface area contributed by atoms with Gasteiger partial charge in [-0.2, -0.15) is 40.8 Å². The highest BCUT2D eigenvalue weighted by atomic mass is 32.2. The molecular weight excluding hydrogens is 1770 g/mol. The minimum absolute atomic E-state index is 0.0455. The second-order valence-electron chi connectivity index (χ2n) is 37.3. The molecule has 2 unspecified atom stereocenters. The van der Waals surface area contributed by atoms with Crippen LogP contribution in [-0.4, -0.2) is 180 Å². The summed E-state index contributed by atoms with van der Waals surface area (Å²) in [4.78, 5) is 0.957. The number of sulfone groups is 4. The fraction of sp³-hybridized carbons (Fsp3) is 0.417. The van der Waals surface area contributed by atoms with Crippen LogP contribution in [0.4, 0.5) is 17.6 Å². The van der Waals surface area contributed by atoms with Crippen molar-refractivity contribution in [1.29, 1.82) is 0 Å². The number of fused-ring (bicyclic) bond motifs is 8. The highest BCUT2D eigenvalue weighted by Gasteiger charge is 2.52. The number of nitrogens with zero attached hydrogens (tertiary/aromatic N) is 16. The number of rotatable bonds is 20. The van der Waals surface area contributed by atoms with E-state index >= 15 is 0 Å². The molecule has 20 rings (SSSR count). The number of hydrogen-bond donors (Lipinski definition) is 4. The summed E-state index contributed by atoms with van der Waals surface area (Å²) in [7, 11) is -7.26. The molecule has 0 aliphatic heterocycles. The third-order valence-corrected chi connectivity index (χ3v) is 38.5. The lowest BCUT2D eigenvalue weighted by Gasteiger charge is -2.45. The second kappa shape index (κ2) is 36.0. The molecule has 0 radical (unpaired) electrons. The highest BCUT2D eigenvalue weighted by Crippen LogP contribution is 2.57. The van der Waals surface area contributed by atoms with Gasteiger partial charge in [-0.15, -0.1) is 0 Å². The first kappa shape index (κ1) is 92.7. The van der Waals surface area contributed by atoms with E-state index in [2.05, 4.69) is 65.1 Å². The third-order valence-electron chi connectivity index (χ3n) is 29.5. The first-order chi connectivity index (χ1) is 62.9.